The molecule has 0 fully saturated rings. The van der Waals surface area contributed by atoms with Gasteiger partial charge in [-0.15, -0.1) is 0 Å². The molecule has 0 aliphatic carbocycles. The zero-order valence-electron chi connectivity index (χ0n) is 18.0. The van der Waals surface area contributed by atoms with Crippen LogP contribution in [0, 0.1) is 16.0 Å². The van der Waals surface area contributed by atoms with Gasteiger partial charge in [-0.05, 0) is 52.7 Å². The smallest absolute Gasteiger partial charge is 0.417 e. The molecular formula is C20H31N3O6. The molecule has 9 nitrogen and oxygen atoms in total. The highest BCUT2D eigenvalue weighted by Gasteiger charge is 2.37. The molecule has 0 aliphatic rings. The molecule has 2 amide bonds. The molecule has 1 aromatic carbocycles. The van der Waals surface area contributed by atoms with E-state index in [2.05, 4.69) is 0 Å². The Bertz CT molecular complexity index is 727. The number of nitrogens with zero attached hydrogens (tertiary/aromatic N) is 2. The van der Waals surface area contributed by atoms with Crippen LogP contribution in [-0.2, 0) is 9.53 Å². The van der Waals surface area contributed by atoms with E-state index in [1.54, 1.807) is 48.5 Å². The Morgan fingerprint density at radius 3 is 2.03 bits per heavy atom. The summed E-state index contributed by atoms with van der Waals surface area (Å²) in [5.74, 6) is -0.355. The molecule has 9 heteroatoms. The Morgan fingerprint density at radius 1 is 1.10 bits per heavy atom. The van der Waals surface area contributed by atoms with E-state index in [1.165, 1.54) is 24.3 Å². The van der Waals surface area contributed by atoms with Gasteiger partial charge >= 0.3 is 6.09 Å². The van der Waals surface area contributed by atoms with Gasteiger partial charge in [0.15, 0.2) is 0 Å². The van der Waals surface area contributed by atoms with Crippen molar-refractivity contribution in [3.63, 3.8) is 0 Å². The standard InChI is InChI=1S/C20H31N3O6/c1-12(2)17(21)18(24)22(19(25)29-20(5,6)7)13(3)14(4)28-16-10-8-15(9-11-16)23(26)27/h8-14,17H,21H2,1-7H3/t13?,14?,17-/m0/s1. The molecule has 0 saturated carbocycles. The summed E-state index contributed by atoms with van der Waals surface area (Å²) in [6.07, 6.45) is -1.42. The quantitative estimate of drug-likeness (QED) is 0.539. The largest absolute Gasteiger partial charge is 0.489 e. The lowest BCUT2D eigenvalue weighted by molar-refractivity contribution is -0.384. The minimum absolute atomic E-state index is 0.0634. The zero-order valence-corrected chi connectivity index (χ0v) is 18.0. The van der Waals surface area contributed by atoms with Crippen molar-refractivity contribution >= 4 is 17.7 Å². The highest BCUT2D eigenvalue weighted by atomic mass is 16.6. The van der Waals surface area contributed by atoms with Gasteiger partial charge in [-0.2, -0.15) is 0 Å². The highest BCUT2D eigenvalue weighted by molar-refractivity contribution is 5.95. The van der Waals surface area contributed by atoms with Crippen LogP contribution in [0.15, 0.2) is 24.3 Å². The molecule has 0 aromatic heterocycles. The van der Waals surface area contributed by atoms with Crippen LogP contribution in [-0.4, -0.2) is 45.6 Å². The number of benzene rings is 1. The minimum Gasteiger partial charge on any atom is -0.489 e. The van der Waals surface area contributed by atoms with E-state index in [1.807, 2.05) is 0 Å². The number of hydrogen-bond donors (Lipinski definition) is 1. The lowest BCUT2D eigenvalue weighted by atomic mass is 10.0. The highest BCUT2D eigenvalue weighted by Crippen LogP contribution is 2.22. The number of hydrogen-bond acceptors (Lipinski definition) is 7. The first-order chi connectivity index (χ1) is 13.2. The molecule has 1 aromatic rings. The van der Waals surface area contributed by atoms with Crippen LogP contribution in [0.5, 0.6) is 5.75 Å². The second-order valence-corrected chi connectivity index (χ2v) is 8.27. The Hall–Kier alpha value is -2.68. The van der Waals surface area contributed by atoms with Gasteiger partial charge in [-0.1, -0.05) is 13.8 Å². The van der Waals surface area contributed by atoms with Gasteiger partial charge < -0.3 is 15.2 Å². The summed E-state index contributed by atoms with van der Waals surface area (Å²) < 4.78 is 11.2. The molecule has 0 bridgehead atoms. The number of rotatable bonds is 7. The zero-order chi connectivity index (χ0) is 22.5. The van der Waals surface area contributed by atoms with Crippen molar-refractivity contribution in [1.82, 2.24) is 4.90 Å². The van der Waals surface area contributed by atoms with E-state index < -0.39 is 40.7 Å². The monoisotopic (exact) mass is 409 g/mol. The molecule has 0 aliphatic heterocycles. The van der Waals surface area contributed by atoms with Crippen LogP contribution >= 0.6 is 0 Å². The molecule has 0 saturated heterocycles. The molecule has 1 rings (SSSR count). The summed E-state index contributed by atoms with van der Waals surface area (Å²) in [5.41, 5.74) is 5.14. The van der Waals surface area contributed by atoms with Crippen LogP contribution in [0.25, 0.3) is 0 Å². The number of carbonyl (C=O) groups is 2. The Balaban J connectivity index is 3.07. The lowest BCUT2D eigenvalue weighted by Crippen LogP contribution is -2.56. The summed E-state index contributed by atoms with van der Waals surface area (Å²) >= 11 is 0. The van der Waals surface area contributed by atoms with Crippen molar-refractivity contribution in [2.24, 2.45) is 11.7 Å². The van der Waals surface area contributed by atoms with Crippen molar-refractivity contribution < 1.29 is 24.0 Å². The summed E-state index contributed by atoms with van der Waals surface area (Å²) in [5, 5.41) is 10.8. The maximum absolute atomic E-state index is 12.9. The maximum atomic E-state index is 12.9. The van der Waals surface area contributed by atoms with Crippen molar-refractivity contribution in [1.29, 1.82) is 0 Å². The van der Waals surface area contributed by atoms with E-state index in [0.29, 0.717) is 5.75 Å². The molecule has 0 radical (unpaired) electrons. The van der Waals surface area contributed by atoms with Crippen LogP contribution in [0.2, 0.25) is 0 Å². The number of nitrogens with two attached hydrogens (primary N) is 1. The van der Waals surface area contributed by atoms with Gasteiger partial charge in [-0.25, -0.2) is 9.69 Å². The summed E-state index contributed by atoms with van der Waals surface area (Å²) in [6.45, 7) is 12.0. The average Bonchev–Trinajstić information content (AvgIpc) is 2.59. The SMILES string of the molecule is CC(Oc1ccc([N+](=O)[O-])cc1)C(C)N(C(=O)OC(C)(C)C)C(=O)[C@@H](N)C(C)C. The van der Waals surface area contributed by atoms with E-state index in [0.717, 1.165) is 4.90 Å². The normalized spacial score (nSPS) is 14.7. The Kier molecular flexibility index (Phi) is 8.14. The van der Waals surface area contributed by atoms with Gasteiger partial charge in [0.1, 0.15) is 17.5 Å². The molecule has 29 heavy (non-hydrogen) atoms. The van der Waals surface area contributed by atoms with Crippen LogP contribution in [0.4, 0.5) is 10.5 Å². The van der Waals surface area contributed by atoms with Gasteiger partial charge in [0.25, 0.3) is 5.69 Å². The Morgan fingerprint density at radius 2 is 1.62 bits per heavy atom. The molecule has 162 valence electrons. The van der Waals surface area contributed by atoms with Gasteiger partial charge in [0.2, 0.25) is 5.91 Å². The van der Waals surface area contributed by atoms with Crippen molar-refractivity contribution in [3.8, 4) is 5.75 Å². The van der Waals surface area contributed by atoms with Crippen molar-refractivity contribution in [2.75, 3.05) is 0 Å². The lowest BCUT2D eigenvalue weighted by Gasteiger charge is -2.35. The van der Waals surface area contributed by atoms with Gasteiger partial charge in [-0.3, -0.25) is 14.9 Å². The predicted molar refractivity (Wildman–Crippen MR) is 109 cm³/mol. The number of ether oxygens (including phenoxy) is 2. The fourth-order valence-electron chi connectivity index (χ4n) is 2.38. The first-order valence-corrected chi connectivity index (χ1v) is 9.47. The molecule has 3 atom stereocenters. The predicted octanol–water partition coefficient (Wildman–Crippen LogP) is 3.50. The van der Waals surface area contributed by atoms with E-state index in [9.17, 15) is 19.7 Å². The second-order valence-electron chi connectivity index (χ2n) is 8.27. The van der Waals surface area contributed by atoms with Crippen LogP contribution in [0.3, 0.4) is 0 Å². The average molecular weight is 409 g/mol. The van der Waals surface area contributed by atoms with Crippen LogP contribution in [0.1, 0.15) is 48.5 Å². The van der Waals surface area contributed by atoms with E-state index >= 15 is 0 Å². The number of nitro benzene ring substituents is 1. The summed E-state index contributed by atoms with van der Waals surface area (Å²) in [7, 11) is 0. The number of imide groups is 1. The Labute approximate surface area is 171 Å². The van der Waals surface area contributed by atoms with Gasteiger partial charge in [0.05, 0.1) is 17.0 Å². The molecule has 0 heterocycles. The number of non-ortho nitro benzene ring substituents is 1. The van der Waals surface area contributed by atoms with Crippen molar-refractivity contribution in [2.45, 2.75) is 72.3 Å². The summed E-state index contributed by atoms with van der Waals surface area (Å²) in [4.78, 5) is 36.9. The first-order valence-electron chi connectivity index (χ1n) is 9.47. The van der Waals surface area contributed by atoms with E-state index in [-0.39, 0.29) is 11.6 Å². The third-order valence-electron chi connectivity index (χ3n) is 4.29. The third kappa shape index (κ3) is 7.01. The van der Waals surface area contributed by atoms with Crippen molar-refractivity contribution in [3.05, 3.63) is 34.4 Å². The number of amides is 2. The summed E-state index contributed by atoms with van der Waals surface area (Å²) in [6, 6.07) is 3.98. The first kappa shape index (κ1) is 24.4. The fourth-order valence-corrected chi connectivity index (χ4v) is 2.38. The maximum Gasteiger partial charge on any atom is 0.417 e. The molecular weight excluding hydrogens is 378 g/mol. The van der Waals surface area contributed by atoms with Crippen LogP contribution < -0.4 is 10.5 Å². The third-order valence-corrected chi connectivity index (χ3v) is 4.29. The fraction of sp³-hybridized carbons (Fsp3) is 0.600. The molecule has 2 N–H and O–H groups in total. The minimum atomic E-state index is -0.878. The topological polar surface area (TPSA) is 125 Å². The molecule has 0 spiro atoms. The van der Waals surface area contributed by atoms with Gasteiger partial charge in [0, 0.05) is 12.1 Å². The molecule has 2 unspecified atom stereocenters. The van der Waals surface area contributed by atoms with E-state index in [4.69, 9.17) is 15.2 Å². The second kappa shape index (κ2) is 9.69. The number of carbonyl (C=O) groups excluding carboxylic acids is 2. The number of nitro groups is 1.